The number of ether oxygens (including phenoxy) is 1. The summed E-state index contributed by atoms with van der Waals surface area (Å²) in [5.41, 5.74) is 0. The zero-order valence-electron chi connectivity index (χ0n) is 9.72. The van der Waals surface area contributed by atoms with Crippen molar-refractivity contribution >= 4 is 21.9 Å². The molecule has 0 saturated heterocycles. The Morgan fingerprint density at radius 1 is 1.39 bits per heavy atom. The summed E-state index contributed by atoms with van der Waals surface area (Å²) in [5.74, 6) is 0.713. The number of hydrogen-bond acceptors (Lipinski definition) is 4. The predicted octanol–water partition coefficient (Wildman–Crippen LogP) is 3.39. The summed E-state index contributed by atoms with van der Waals surface area (Å²) in [7, 11) is 1.47. The molecular weight excluding hydrogens is 315 g/mol. The van der Waals surface area contributed by atoms with Crippen molar-refractivity contribution in [3.8, 4) is 5.88 Å². The Hall–Kier alpha value is -1.05. The van der Waals surface area contributed by atoms with Gasteiger partial charge in [-0.3, -0.25) is 0 Å². The van der Waals surface area contributed by atoms with Crippen LogP contribution < -0.4 is 10.1 Å². The number of unbranched alkanes of at least 4 members (excludes halogenated alkanes) is 1. The maximum Gasteiger partial charge on any atom is 0.389 e. The molecule has 18 heavy (non-hydrogen) atoms. The summed E-state index contributed by atoms with van der Waals surface area (Å²) >= 11 is 3.20. The standard InChI is InChI=1S/C10H13BrF3N3O/c1-18-8-7(11)6-16-9(17-8)15-5-3-2-4-10(12,13)14/h6H,2-5H2,1H3,(H,15,16,17). The van der Waals surface area contributed by atoms with Crippen LogP contribution in [0.1, 0.15) is 19.3 Å². The largest absolute Gasteiger partial charge is 0.480 e. The van der Waals surface area contributed by atoms with Gasteiger partial charge in [-0.2, -0.15) is 18.2 Å². The molecule has 0 amide bonds. The van der Waals surface area contributed by atoms with Crippen molar-refractivity contribution in [2.45, 2.75) is 25.4 Å². The van der Waals surface area contributed by atoms with Crippen LogP contribution >= 0.6 is 15.9 Å². The van der Waals surface area contributed by atoms with E-state index < -0.39 is 12.6 Å². The number of aromatic nitrogens is 2. The third-order valence-electron chi connectivity index (χ3n) is 2.08. The number of rotatable bonds is 6. The van der Waals surface area contributed by atoms with Crippen molar-refractivity contribution in [3.63, 3.8) is 0 Å². The molecular formula is C10H13BrF3N3O. The molecule has 0 aliphatic rings. The van der Waals surface area contributed by atoms with Gasteiger partial charge in [-0.1, -0.05) is 0 Å². The van der Waals surface area contributed by atoms with E-state index in [-0.39, 0.29) is 6.42 Å². The molecule has 0 aliphatic carbocycles. The normalized spacial score (nSPS) is 11.4. The highest BCUT2D eigenvalue weighted by Crippen LogP contribution is 2.23. The molecule has 1 aromatic rings. The van der Waals surface area contributed by atoms with Crippen LogP contribution in [0.3, 0.4) is 0 Å². The summed E-state index contributed by atoms with van der Waals surface area (Å²) in [6, 6.07) is 0. The lowest BCUT2D eigenvalue weighted by Crippen LogP contribution is -2.10. The van der Waals surface area contributed by atoms with E-state index in [0.717, 1.165) is 0 Å². The molecule has 1 N–H and O–H groups in total. The number of alkyl halides is 3. The van der Waals surface area contributed by atoms with Gasteiger partial charge in [-0.25, -0.2) is 4.98 Å². The SMILES string of the molecule is COc1nc(NCCCCC(F)(F)F)ncc1Br. The monoisotopic (exact) mass is 327 g/mol. The van der Waals surface area contributed by atoms with Gasteiger partial charge in [-0.05, 0) is 28.8 Å². The van der Waals surface area contributed by atoms with Gasteiger partial charge in [0.15, 0.2) is 0 Å². The fourth-order valence-electron chi connectivity index (χ4n) is 1.23. The molecule has 0 aliphatic heterocycles. The molecule has 1 heterocycles. The average Bonchev–Trinajstić information content (AvgIpc) is 2.29. The average molecular weight is 328 g/mol. The highest BCUT2D eigenvalue weighted by atomic mass is 79.9. The Kier molecular flexibility index (Phi) is 5.64. The van der Waals surface area contributed by atoms with Crippen molar-refractivity contribution in [3.05, 3.63) is 10.7 Å². The van der Waals surface area contributed by atoms with Crippen LogP contribution in [-0.2, 0) is 0 Å². The Labute approximate surface area is 111 Å². The van der Waals surface area contributed by atoms with E-state index in [2.05, 4.69) is 31.2 Å². The maximum absolute atomic E-state index is 11.9. The molecule has 0 fully saturated rings. The zero-order valence-corrected chi connectivity index (χ0v) is 11.3. The zero-order chi connectivity index (χ0) is 13.6. The molecule has 0 spiro atoms. The van der Waals surface area contributed by atoms with Crippen LogP contribution in [0.15, 0.2) is 10.7 Å². The van der Waals surface area contributed by atoms with Gasteiger partial charge < -0.3 is 10.1 Å². The van der Waals surface area contributed by atoms with E-state index >= 15 is 0 Å². The fourth-order valence-corrected chi connectivity index (χ4v) is 1.58. The molecule has 0 aromatic carbocycles. The van der Waals surface area contributed by atoms with Gasteiger partial charge in [0.2, 0.25) is 11.8 Å². The summed E-state index contributed by atoms with van der Waals surface area (Å²) < 4.78 is 41.2. The minimum Gasteiger partial charge on any atom is -0.480 e. The summed E-state index contributed by atoms with van der Waals surface area (Å²) in [6.45, 7) is 0.390. The first-order valence-electron chi connectivity index (χ1n) is 5.29. The number of hydrogen-bond donors (Lipinski definition) is 1. The first-order chi connectivity index (χ1) is 8.42. The second-order valence-electron chi connectivity index (χ2n) is 3.55. The molecule has 8 heteroatoms. The van der Waals surface area contributed by atoms with Crippen molar-refractivity contribution in [1.82, 2.24) is 9.97 Å². The Morgan fingerprint density at radius 2 is 2.11 bits per heavy atom. The predicted molar refractivity (Wildman–Crippen MR) is 64.7 cm³/mol. The smallest absolute Gasteiger partial charge is 0.389 e. The lowest BCUT2D eigenvalue weighted by Gasteiger charge is -2.08. The second kappa shape index (κ2) is 6.77. The van der Waals surface area contributed by atoms with Gasteiger partial charge in [0, 0.05) is 13.0 Å². The number of nitrogens with one attached hydrogen (secondary N) is 1. The van der Waals surface area contributed by atoms with Crippen LogP contribution in [0.25, 0.3) is 0 Å². The third-order valence-corrected chi connectivity index (χ3v) is 2.62. The van der Waals surface area contributed by atoms with Crippen molar-refractivity contribution in [2.24, 2.45) is 0 Å². The Bertz CT molecular complexity index is 387. The summed E-state index contributed by atoms with van der Waals surface area (Å²) in [6.07, 6.45) is -2.84. The molecule has 0 unspecified atom stereocenters. The number of halogens is 4. The fraction of sp³-hybridized carbons (Fsp3) is 0.600. The summed E-state index contributed by atoms with van der Waals surface area (Å²) in [5, 5.41) is 2.84. The molecule has 0 atom stereocenters. The van der Waals surface area contributed by atoms with E-state index in [4.69, 9.17) is 4.74 Å². The molecule has 0 bridgehead atoms. The first kappa shape index (κ1) is 15.0. The molecule has 0 radical (unpaired) electrons. The second-order valence-corrected chi connectivity index (χ2v) is 4.40. The summed E-state index contributed by atoms with van der Waals surface area (Å²) in [4.78, 5) is 7.99. The number of anilines is 1. The van der Waals surface area contributed by atoms with E-state index in [1.807, 2.05) is 0 Å². The lowest BCUT2D eigenvalue weighted by atomic mass is 10.2. The van der Waals surface area contributed by atoms with Crippen LogP contribution in [-0.4, -0.2) is 29.8 Å². The molecule has 0 saturated carbocycles. The van der Waals surface area contributed by atoms with Gasteiger partial charge in [-0.15, -0.1) is 0 Å². The first-order valence-corrected chi connectivity index (χ1v) is 6.09. The topological polar surface area (TPSA) is 47.0 Å². The van der Waals surface area contributed by atoms with Gasteiger partial charge in [0.25, 0.3) is 0 Å². The molecule has 1 rings (SSSR count). The van der Waals surface area contributed by atoms with Crippen molar-refractivity contribution in [2.75, 3.05) is 19.0 Å². The van der Waals surface area contributed by atoms with Crippen LogP contribution in [0.2, 0.25) is 0 Å². The Morgan fingerprint density at radius 3 is 2.72 bits per heavy atom. The third kappa shape index (κ3) is 5.52. The van der Waals surface area contributed by atoms with Gasteiger partial charge in [0.1, 0.15) is 0 Å². The van der Waals surface area contributed by atoms with E-state index in [0.29, 0.717) is 29.3 Å². The van der Waals surface area contributed by atoms with Crippen LogP contribution in [0.4, 0.5) is 19.1 Å². The van der Waals surface area contributed by atoms with Crippen LogP contribution in [0.5, 0.6) is 5.88 Å². The highest BCUT2D eigenvalue weighted by Gasteiger charge is 2.25. The minimum absolute atomic E-state index is 0.0875. The van der Waals surface area contributed by atoms with Gasteiger partial charge >= 0.3 is 6.18 Å². The van der Waals surface area contributed by atoms with Crippen LogP contribution in [0, 0.1) is 0 Å². The lowest BCUT2D eigenvalue weighted by molar-refractivity contribution is -0.135. The van der Waals surface area contributed by atoms with E-state index in [1.165, 1.54) is 13.3 Å². The highest BCUT2D eigenvalue weighted by molar-refractivity contribution is 9.10. The number of nitrogens with zero attached hydrogens (tertiary/aromatic N) is 2. The van der Waals surface area contributed by atoms with E-state index in [9.17, 15) is 13.2 Å². The number of methoxy groups -OCH3 is 1. The van der Waals surface area contributed by atoms with Gasteiger partial charge in [0.05, 0.1) is 17.8 Å². The van der Waals surface area contributed by atoms with Crippen molar-refractivity contribution in [1.29, 1.82) is 0 Å². The quantitative estimate of drug-likeness (QED) is 0.813. The molecule has 102 valence electrons. The van der Waals surface area contributed by atoms with Crippen molar-refractivity contribution < 1.29 is 17.9 Å². The minimum atomic E-state index is -4.09. The molecule has 4 nitrogen and oxygen atoms in total. The van der Waals surface area contributed by atoms with E-state index in [1.54, 1.807) is 0 Å². The maximum atomic E-state index is 11.9. The molecule has 1 aromatic heterocycles. The Balaban J connectivity index is 2.31.